The Bertz CT molecular complexity index is 672. The largest absolute Gasteiger partial charge is 0.454 e. The van der Waals surface area contributed by atoms with Gasteiger partial charge in [0.15, 0.2) is 11.5 Å². The summed E-state index contributed by atoms with van der Waals surface area (Å²) in [6.07, 6.45) is 1.47. The van der Waals surface area contributed by atoms with Gasteiger partial charge in [-0.05, 0) is 13.0 Å². The van der Waals surface area contributed by atoms with Crippen molar-refractivity contribution in [3.05, 3.63) is 28.9 Å². The van der Waals surface area contributed by atoms with E-state index in [9.17, 15) is 4.79 Å². The van der Waals surface area contributed by atoms with E-state index < -0.39 is 0 Å². The minimum absolute atomic E-state index is 0.187. The first-order chi connectivity index (χ1) is 9.20. The van der Waals surface area contributed by atoms with Crippen LogP contribution in [0.25, 0.3) is 10.9 Å². The van der Waals surface area contributed by atoms with Gasteiger partial charge in [-0.1, -0.05) is 11.6 Å². The van der Waals surface area contributed by atoms with E-state index >= 15 is 0 Å². The third-order valence-electron chi connectivity index (χ3n) is 2.88. The molecule has 1 aliphatic heterocycles. The van der Waals surface area contributed by atoms with E-state index in [-0.39, 0.29) is 12.7 Å². The van der Waals surface area contributed by atoms with Crippen LogP contribution in [0.5, 0.6) is 11.5 Å². The second kappa shape index (κ2) is 4.59. The third kappa shape index (κ3) is 1.96. The van der Waals surface area contributed by atoms with Crippen molar-refractivity contribution in [1.29, 1.82) is 0 Å². The van der Waals surface area contributed by atoms with Crippen LogP contribution < -0.4 is 14.8 Å². The Morgan fingerprint density at radius 2 is 2.16 bits per heavy atom. The first kappa shape index (κ1) is 12.0. The van der Waals surface area contributed by atoms with E-state index in [1.54, 1.807) is 12.1 Å². The number of fused-ring (bicyclic) bond motifs is 2. The zero-order valence-electron chi connectivity index (χ0n) is 10.2. The molecule has 1 aromatic carbocycles. The molecular formula is C13H11ClN2O3. The summed E-state index contributed by atoms with van der Waals surface area (Å²) in [7, 11) is 0. The van der Waals surface area contributed by atoms with Crippen molar-refractivity contribution < 1.29 is 14.3 Å². The van der Waals surface area contributed by atoms with Gasteiger partial charge in [-0.25, -0.2) is 0 Å². The number of rotatable bonds is 2. The molecule has 2 aromatic rings. The Morgan fingerprint density at radius 1 is 1.42 bits per heavy atom. The SMILES string of the molecule is CCNC(=O)c1cnc2cc3c(cc2c1Cl)OCO3. The third-order valence-corrected chi connectivity index (χ3v) is 3.29. The summed E-state index contributed by atoms with van der Waals surface area (Å²) in [5.41, 5.74) is 1.03. The zero-order chi connectivity index (χ0) is 13.4. The summed E-state index contributed by atoms with van der Waals surface area (Å²) >= 11 is 6.28. The van der Waals surface area contributed by atoms with Gasteiger partial charge in [0.25, 0.3) is 5.91 Å². The predicted molar refractivity (Wildman–Crippen MR) is 70.9 cm³/mol. The van der Waals surface area contributed by atoms with E-state index in [4.69, 9.17) is 21.1 Å². The molecule has 1 aromatic heterocycles. The minimum atomic E-state index is -0.237. The van der Waals surface area contributed by atoms with Crippen LogP contribution in [0.2, 0.25) is 5.02 Å². The summed E-state index contributed by atoms with van der Waals surface area (Å²) in [5, 5.41) is 3.75. The van der Waals surface area contributed by atoms with Gasteiger partial charge in [0.2, 0.25) is 6.79 Å². The van der Waals surface area contributed by atoms with E-state index in [1.165, 1.54) is 6.20 Å². The van der Waals surface area contributed by atoms with Crippen LogP contribution in [0.3, 0.4) is 0 Å². The second-order valence-electron chi connectivity index (χ2n) is 4.07. The fourth-order valence-electron chi connectivity index (χ4n) is 1.96. The average Bonchev–Trinajstić information content (AvgIpc) is 2.84. The molecule has 0 saturated carbocycles. The van der Waals surface area contributed by atoms with Crippen LogP contribution in [-0.2, 0) is 0 Å². The van der Waals surface area contributed by atoms with Crippen molar-refractivity contribution in [3.63, 3.8) is 0 Å². The molecule has 0 fully saturated rings. The number of ether oxygens (including phenoxy) is 2. The molecule has 1 N–H and O–H groups in total. The highest BCUT2D eigenvalue weighted by molar-refractivity contribution is 6.38. The van der Waals surface area contributed by atoms with Crippen molar-refractivity contribution >= 4 is 28.4 Å². The van der Waals surface area contributed by atoms with Crippen molar-refractivity contribution in [1.82, 2.24) is 10.3 Å². The maximum atomic E-state index is 11.9. The van der Waals surface area contributed by atoms with Gasteiger partial charge in [-0.15, -0.1) is 0 Å². The quantitative estimate of drug-likeness (QED) is 0.916. The molecule has 0 atom stereocenters. The van der Waals surface area contributed by atoms with Gasteiger partial charge in [0.05, 0.1) is 16.1 Å². The molecule has 5 nitrogen and oxygen atoms in total. The first-order valence-electron chi connectivity index (χ1n) is 5.86. The van der Waals surface area contributed by atoms with Gasteiger partial charge < -0.3 is 14.8 Å². The molecule has 0 bridgehead atoms. The molecule has 0 spiro atoms. The minimum Gasteiger partial charge on any atom is -0.454 e. The number of amides is 1. The predicted octanol–water partition coefficient (Wildman–Crippen LogP) is 2.37. The van der Waals surface area contributed by atoms with Crippen molar-refractivity contribution in [2.45, 2.75) is 6.92 Å². The Kier molecular flexibility index (Phi) is 2.91. The second-order valence-corrected chi connectivity index (χ2v) is 4.45. The number of nitrogens with one attached hydrogen (secondary N) is 1. The van der Waals surface area contributed by atoms with Crippen molar-refractivity contribution in [2.75, 3.05) is 13.3 Å². The number of hydrogen-bond donors (Lipinski definition) is 1. The summed E-state index contributed by atoms with van der Waals surface area (Å²) in [6.45, 7) is 2.57. The molecule has 6 heteroatoms. The summed E-state index contributed by atoms with van der Waals surface area (Å²) in [5.74, 6) is 1.02. The highest BCUT2D eigenvalue weighted by Gasteiger charge is 2.19. The first-order valence-corrected chi connectivity index (χ1v) is 6.24. The lowest BCUT2D eigenvalue weighted by Gasteiger charge is -2.07. The van der Waals surface area contributed by atoms with Crippen molar-refractivity contribution in [2.24, 2.45) is 0 Å². The van der Waals surface area contributed by atoms with Gasteiger partial charge >= 0.3 is 0 Å². The van der Waals surface area contributed by atoms with Gasteiger partial charge in [0, 0.05) is 24.2 Å². The average molecular weight is 279 g/mol. The molecule has 2 heterocycles. The lowest BCUT2D eigenvalue weighted by Crippen LogP contribution is -2.23. The standard InChI is InChI=1S/C13H11ClN2O3/c1-2-15-13(17)8-5-16-9-4-11-10(18-6-19-11)3-7(9)12(8)14/h3-5H,2,6H2,1H3,(H,15,17). The van der Waals surface area contributed by atoms with Crippen LogP contribution in [0.4, 0.5) is 0 Å². The highest BCUT2D eigenvalue weighted by atomic mass is 35.5. The Hall–Kier alpha value is -2.01. The monoisotopic (exact) mass is 278 g/mol. The molecule has 0 saturated heterocycles. The molecule has 19 heavy (non-hydrogen) atoms. The van der Waals surface area contributed by atoms with Gasteiger partial charge in [-0.3, -0.25) is 9.78 Å². The van der Waals surface area contributed by atoms with Gasteiger partial charge in [-0.2, -0.15) is 0 Å². The Morgan fingerprint density at radius 3 is 2.89 bits per heavy atom. The number of nitrogens with zero attached hydrogens (tertiary/aromatic N) is 1. The molecule has 0 unspecified atom stereocenters. The van der Waals surface area contributed by atoms with E-state index in [2.05, 4.69) is 10.3 Å². The zero-order valence-corrected chi connectivity index (χ0v) is 11.0. The Labute approximate surface area is 114 Å². The number of carbonyl (C=O) groups is 1. The summed E-state index contributed by atoms with van der Waals surface area (Å²) < 4.78 is 10.6. The molecular weight excluding hydrogens is 268 g/mol. The molecule has 1 aliphatic rings. The number of hydrogen-bond acceptors (Lipinski definition) is 4. The maximum absolute atomic E-state index is 11.9. The highest BCUT2D eigenvalue weighted by Crippen LogP contribution is 2.38. The molecule has 0 aliphatic carbocycles. The van der Waals surface area contributed by atoms with Gasteiger partial charge in [0.1, 0.15) is 0 Å². The van der Waals surface area contributed by atoms with Crippen LogP contribution >= 0.6 is 11.6 Å². The molecule has 0 radical (unpaired) electrons. The maximum Gasteiger partial charge on any atom is 0.254 e. The topological polar surface area (TPSA) is 60.5 Å². The van der Waals surface area contributed by atoms with Crippen LogP contribution in [0.1, 0.15) is 17.3 Å². The van der Waals surface area contributed by atoms with Crippen molar-refractivity contribution in [3.8, 4) is 11.5 Å². The number of aromatic nitrogens is 1. The van der Waals surface area contributed by atoms with E-state index in [1.807, 2.05) is 6.92 Å². The fourth-order valence-corrected chi connectivity index (χ4v) is 2.25. The van der Waals surface area contributed by atoms with Crippen LogP contribution in [-0.4, -0.2) is 24.2 Å². The number of benzene rings is 1. The number of carbonyl (C=O) groups excluding carboxylic acids is 1. The molecule has 3 rings (SSSR count). The fraction of sp³-hybridized carbons (Fsp3) is 0.231. The molecule has 1 amide bonds. The molecule has 98 valence electrons. The van der Waals surface area contributed by atoms with E-state index in [0.29, 0.717) is 39.5 Å². The number of halogens is 1. The van der Waals surface area contributed by atoms with Crippen LogP contribution in [0.15, 0.2) is 18.3 Å². The lowest BCUT2D eigenvalue weighted by molar-refractivity contribution is 0.0956. The summed E-state index contributed by atoms with van der Waals surface area (Å²) in [6, 6.07) is 3.50. The normalized spacial score (nSPS) is 12.7. The smallest absolute Gasteiger partial charge is 0.254 e. The summed E-state index contributed by atoms with van der Waals surface area (Å²) in [4.78, 5) is 16.1. The number of pyridine rings is 1. The van der Waals surface area contributed by atoms with Crippen LogP contribution in [0, 0.1) is 0 Å². The Balaban J connectivity index is 2.16. The lowest BCUT2D eigenvalue weighted by atomic mass is 10.1. The van der Waals surface area contributed by atoms with E-state index in [0.717, 1.165) is 0 Å².